The molecule has 13 heavy (non-hydrogen) atoms. The molecule has 3 nitrogen and oxygen atoms in total. The first-order valence-electron chi connectivity index (χ1n) is 4.69. The zero-order chi connectivity index (χ0) is 9.10. The minimum absolute atomic E-state index is 0.183. The summed E-state index contributed by atoms with van der Waals surface area (Å²) in [5.41, 5.74) is 3.32. The van der Waals surface area contributed by atoms with Gasteiger partial charge in [0.05, 0.1) is 18.0 Å². The molecule has 0 bridgehead atoms. The molecular weight excluding hydrogens is 162 g/mol. The Morgan fingerprint density at radius 3 is 2.77 bits per heavy atom. The standard InChI is InChI=1S/C10H13N3/c11-8-9-4-3-5-10(9)12-13-6-1-2-7-13/h1-2,6-7,9-10,12H,3-5H2. The maximum atomic E-state index is 8.87. The van der Waals surface area contributed by atoms with Gasteiger partial charge in [-0.25, -0.2) is 0 Å². The van der Waals surface area contributed by atoms with Gasteiger partial charge in [-0.2, -0.15) is 5.26 Å². The molecule has 0 saturated heterocycles. The molecule has 1 N–H and O–H groups in total. The van der Waals surface area contributed by atoms with Crippen molar-refractivity contribution in [1.82, 2.24) is 4.68 Å². The maximum absolute atomic E-state index is 8.87. The number of hydrogen-bond acceptors (Lipinski definition) is 2. The van der Waals surface area contributed by atoms with Crippen LogP contribution in [0.15, 0.2) is 24.5 Å². The second-order valence-corrected chi connectivity index (χ2v) is 3.49. The Bertz CT molecular complexity index is 296. The van der Waals surface area contributed by atoms with Gasteiger partial charge in [0.25, 0.3) is 0 Å². The summed E-state index contributed by atoms with van der Waals surface area (Å²) in [6.45, 7) is 0. The summed E-state index contributed by atoms with van der Waals surface area (Å²) in [5.74, 6) is 0.183. The minimum atomic E-state index is 0.183. The van der Waals surface area contributed by atoms with Gasteiger partial charge < -0.3 is 5.43 Å². The minimum Gasteiger partial charge on any atom is -0.322 e. The van der Waals surface area contributed by atoms with Crippen LogP contribution in [-0.2, 0) is 0 Å². The zero-order valence-electron chi connectivity index (χ0n) is 7.48. The summed E-state index contributed by atoms with van der Waals surface area (Å²) >= 11 is 0. The molecule has 1 heterocycles. The number of nitrogens with one attached hydrogen (secondary N) is 1. The molecule has 0 spiro atoms. The lowest BCUT2D eigenvalue weighted by atomic mass is 10.1. The Labute approximate surface area is 77.9 Å². The van der Waals surface area contributed by atoms with Crippen molar-refractivity contribution in [3.05, 3.63) is 24.5 Å². The van der Waals surface area contributed by atoms with E-state index in [0.29, 0.717) is 6.04 Å². The molecular formula is C10H13N3. The van der Waals surface area contributed by atoms with Gasteiger partial charge in [-0.05, 0) is 31.4 Å². The quantitative estimate of drug-likeness (QED) is 0.743. The van der Waals surface area contributed by atoms with Crippen LogP contribution in [0.3, 0.4) is 0 Å². The number of aromatic nitrogens is 1. The van der Waals surface area contributed by atoms with Gasteiger partial charge in [0.1, 0.15) is 0 Å². The van der Waals surface area contributed by atoms with Crippen LogP contribution < -0.4 is 5.43 Å². The van der Waals surface area contributed by atoms with Crippen molar-refractivity contribution < 1.29 is 0 Å². The van der Waals surface area contributed by atoms with E-state index < -0.39 is 0 Å². The summed E-state index contributed by atoms with van der Waals surface area (Å²) in [6.07, 6.45) is 7.24. The monoisotopic (exact) mass is 175 g/mol. The van der Waals surface area contributed by atoms with Crippen molar-refractivity contribution in [3.63, 3.8) is 0 Å². The third-order valence-electron chi connectivity index (χ3n) is 2.60. The van der Waals surface area contributed by atoms with Crippen molar-refractivity contribution >= 4 is 0 Å². The second kappa shape index (κ2) is 3.53. The smallest absolute Gasteiger partial charge is 0.0680 e. The van der Waals surface area contributed by atoms with E-state index in [9.17, 15) is 0 Å². The molecule has 1 aromatic heterocycles. The first kappa shape index (κ1) is 8.18. The van der Waals surface area contributed by atoms with Crippen molar-refractivity contribution in [3.8, 4) is 6.07 Å². The molecule has 1 saturated carbocycles. The molecule has 2 atom stereocenters. The van der Waals surface area contributed by atoms with Crippen LogP contribution in [0.1, 0.15) is 19.3 Å². The van der Waals surface area contributed by atoms with E-state index >= 15 is 0 Å². The van der Waals surface area contributed by atoms with E-state index in [4.69, 9.17) is 5.26 Å². The predicted octanol–water partition coefficient (Wildman–Crippen LogP) is 1.72. The fourth-order valence-electron chi connectivity index (χ4n) is 1.88. The van der Waals surface area contributed by atoms with Gasteiger partial charge in [-0.15, -0.1) is 0 Å². The lowest BCUT2D eigenvalue weighted by Crippen LogP contribution is -2.29. The molecule has 1 aliphatic rings. The van der Waals surface area contributed by atoms with E-state index in [2.05, 4.69) is 11.5 Å². The first-order chi connectivity index (χ1) is 6.40. The fourth-order valence-corrected chi connectivity index (χ4v) is 1.88. The summed E-state index contributed by atoms with van der Waals surface area (Å²) in [4.78, 5) is 0. The Hall–Kier alpha value is -1.43. The zero-order valence-corrected chi connectivity index (χ0v) is 7.48. The van der Waals surface area contributed by atoms with Gasteiger partial charge in [-0.1, -0.05) is 0 Å². The molecule has 1 fully saturated rings. The molecule has 3 heteroatoms. The number of hydrogen-bond donors (Lipinski definition) is 1. The van der Waals surface area contributed by atoms with Gasteiger partial charge in [0.2, 0.25) is 0 Å². The van der Waals surface area contributed by atoms with Crippen LogP contribution in [0, 0.1) is 17.2 Å². The highest BCUT2D eigenvalue weighted by molar-refractivity contribution is 5.04. The molecule has 1 aromatic rings. The number of nitriles is 1. The summed E-state index contributed by atoms with van der Waals surface area (Å²) in [7, 11) is 0. The van der Waals surface area contributed by atoms with Crippen molar-refractivity contribution in [2.75, 3.05) is 5.43 Å². The highest BCUT2D eigenvalue weighted by Crippen LogP contribution is 2.25. The first-order valence-corrected chi connectivity index (χ1v) is 4.69. The third-order valence-corrected chi connectivity index (χ3v) is 2.60. The van der Waals surface area contributed by atoms with E-state index in [-0.39, 0.29) is 5.92 Å². The largest absolute Gasteiger partial charge is 0.322 e. The Morgan fingerprint density at radius 2 is 2.08 bits per heavy atom. The van der Waals surface area contributed by atoms with Gasteiger partial charge >= 0.3 is 0 Å². The van der Waals surface area contributed by atoms with Gasteiger partial charge in [0.15, 0.2) is 0 Å². The summed E-state index contributed by atoms with van der Waals surface area (Å²) < 4.78 is 1.93. The van der Waals surface area contributed by atoms with Crippen LogP contribution in [-0.4, -0.2) is 10.7 Å². The fraction of sp³-hybridized carbons (Fsp3) is 0.500. The van der Waals surface area contributed by atoms with Crippen LogP contribution in [0.4, 0.5) is 0 Å². The SMILES string of the molecule is N#CC1CCCC1Nn1cccc1. The highest BCUT2D eigenvalue weighted by atomic mass is 15.4. The van der Waals surface area contributed by atoms with Gasteiger partial charge in [-0.3, -0.25) is 4.68 Å². The molecule has 0 aromatic carbocycles. The van der Waals surface area contributed by atoms with Crippen LogP contribution in [0.25, 0.3) is 0 Å². The lowest BCUT2D eigenvalue weighted by molar-refractivity contribution is 0.573. The third kappa shape index (κ3) is 1.67. The molecule has 2 rings (SSSR count). The molecule has 68 valence electrons. The van der Waals surface area contributed by atoms with E-state index in [0.717, 1.165) is 19.3 Å². The Balaban J connectivity index is 1.99. The van der Waals surface area contributed by atoms with Gasteiger partial charge in [0, 0.05) is 12.4 Å². The van der Waals surface area contributed by atoms with Crippen molar-refractivity contribution in [1.29, 1.82) is 5.26 Å². The molecule has 2 unspecified atom stereocenters. The average molecular weight is 175 g/mol. The molecule has 0 aliphatic heterocycles. The number of nitrogens with zero attached hydrogens (tertiary/aromatic N) is 2. The van der Waals surface area contributed by atoms with Crippen LogP contribution in [0.5, 0.6) is 0 Å². The molecule has 0 amide bonds. The van der Waals surface area contributed by atoms with E-state index in [1.165, 1.54) is 0 Å². The van der Waals surface area contributed by atoms with Crippen molar-refractivity contribution in [2.24, 2.45) is 5.92 Å². The topological polar surface area (TPSA) is 40.8 Å². The average Bonchev–Trinajstić information content (AvgIpc) is 2.76. The van der Waals surface area contributed by atoms with E-state index in [1.807, 2.05) is 29.2 Å². The second-order valence-electron chi connectivity index (χ2n) is 3.49. The Morgan fingerprint density at radius 1 is 1.31 bits per heavy atom. The molecule has 0 radical (unpaired) electrons. The van der Waals surface area contributed by atoms with E-state index in [1.54, 1.807) is 0 Å². The maximum Gasteiger partial charge on any atom is 0.0680 e. The van der Waals surface area contributed by atoms with Crippen LogP contribution in [0.2, 0.25) is 0 Å². The summed E-state index contributed by atoms with van der Waals surface area (Å²) in [6, 6.07) is 6.63. The summed E-state index contributed by atoms with van der Waals surface area (Å²) in [5, 5.41) is 8.87. The van der Waals surface area contributed by atoms with Crippen LogP contribution >= 0.6 is 0 Å². The normalized spacial score (nSPS) is 27.0. The lowest BCUT2D eigenvalue weighted by Gasteiger charge is -2.17. The Kier molecular flexibility index (Phi) is 2.22. The molecule has 1 aliphatic carbocycles. The predicted molar refractivity (Wildman–Crippen MR) is 50.5 cm³/mol. The van der Waals surface area contributed by atoms with Crippen molar-refractivity contribution in [2.45, 2.75) is 25.3 Å². The number of rotatable bonds is 2. The highest BCUT2D eigenvalue weighted by Gasteiger charge is 2.26.